The molecule has 23 nitrogen and oxygen atoms in total. The molecule has 0 saturated carbocycles. The number of amides is 9. The van der Waals surface area contributed by atoms with E-state index in [1.54, 1.807) is 4.90 Å². The summed E-state index contributed by atoms with van der Waals surface area (Å²) in [6.07, 6.45) is 9.35. The Morgan fingerprint density at radius 2 is 0.746 bits per heavy atom. The molecule has 71 heavy (non-hydrogen) atoms. The van der Waals surface area contributed by atoms with Crippen LogP contribution >= 0.6 is 0 Å². The summed E-state index contributed by atoms with van der Waals surface area (Å²) in [5.41, 5.74) is 0. The van der Waals surface area contributed by atoms with Crippen molar-refractivity contribution in [3.05, 3.63) is 0 Å². The highest BCUT2D eigenvalue weighted by Gasteiger charge is 2.48. The largest absolute Gasteiger partial charge is 0.480 e. The lowest BCUT2D eigenvalue weighted by Crippen LogP contribution is -2.56. The molecule has 9 amide bonds. The first kappa shape index (κ1) is 54.9. The zero-order valence-electron chi connectivity index (χ0n) is 41.0. The van der Waals surface area contributed by atoms with Crippen molar-refractivity contribution < 1.29 is 68.4 Å². The molecular weight excluding hydrogens is 927 g/mol. The first-order chi connectivity index (χ1) is 34.0. The molecule has 0 aromatic rings. The standard InChI is InChI=1S/C48H75N9O14/c1-2-3-4-5-6-7-8-9-10-17-39(61)52-18-11-14-33(52)46(69)55-27-30(58)21-36(55)43(66)49-24-40(62)53-19-12-15-34(53)47(70)56-28-31(59)22-37(56)44(67)50-25-41(63)54-20-13-16-35(54)48(71)57-29-32(60)23-38(57)45(68)51-26-42(64)65/h30-38,58-60H,2-29H2,1H3,(H,49,66)(H,50,67)(H,51,68)(H,64,65)/t30-,31-,32-,33+,34+,35+,36+,37+,38+/m1/s1. The number of aliphatic hydroxyl groups is 3. The fourth-order valence-corrected chi connectivity index (χ4v) is 11.2. The lowest BCUT2D eigenvalue weighted by Gasteiger charge is -2.32. The Kier molecular flexibility index (Phi) is 20.0. The van der Waals surface area contributed by atoms with Gasteiger partial charge in [0.2, 0.25) is 53.2 Å². The van der Waals surface area contributed by atoms with Gasteiger partial charge < -0.3 is 65.8 Å². The zero-order valence-corrected chi connectivity index (χ0v) is 41.0. The van der Waals surface area contributed by atoms with Crippen molar-refractivity contribution in [2.45, 2.75) is 183 Å². The molecule has 0 aromatic heterocycles. The van der Waals surface area contributed by atoms with Gasteiger partial charge in [0.25, 0.3) is 0 Å². The maximum absolute atomic E-state index is 14.1. The van der Waals surface area contributed by atoms with E-state index in [1.807, 2.05) is 0 Å². The minimum Gasteiger partial charge on any atom is -0.480 e. The number of rotatable bonds is 22. The fraction of sp³-hybridized carbons (Fsp3) is 0.792. The van der Waals surface area contributed by atoms with Crippen LogP contribution < -0.4 is 16.0 Å². The number of likely N-dealkylation sites (tertiary alicyclic amines) is 6. The van der Waals surface area contributed by atoms with E-state index >= 15 is 0 Å². The average Bonchev–Trinajstić information content (AvgIpc) is 4.22. The van der Waals surface area contributed by atoms with Crippen molar-refractivity contribution in [1.82, 2.24) is 45.3 Å². The molecule has 6 aliphatic rings. The third kappa shape index (κ3) is 14.0. The van der Waals surface area contributed by atoms with Gasteiger partial charge in [0.15, 0.2) is 0 Å². The number of carbonyl (C=O) groups is 10. The van der Waals surface area contributed by atoms with E-state index in [-0.39, 0.29) is 70.7 Å². The van der Waals surface area contributed by atoms with Crippen molar-refractivity contribution in [1.29, 1.82) is 0 Å². The summed E-state index contributed by atoms with van der Waals surface area (Å²) in [5, 5.41) is 47.8. The molecule has 396 valence electrons. The van der Waals surface area contributed by atoms with Crippen LogP contribution in [0.1, 0.15) is 129 Å². The molecule has 6 fully saturated rings. The molecule has 6 heterocycles. The number of aliphatic carboxylic acids is 1. The van der Waals surface area contributed by atoms with Crippen LogP contribution in [0.5, 0.6) is 0 Å². The van der Waals surface area contributed by atoms with E-state index in [9.17, 15) is 63.3 Å². The first-order valence-corrected chi connectivity index (χ1v) is 25.9. The van der Waals surface area contributed by atoms with Crippen molar-refractivity contribution >= 4 is 59.1 Å². The number of carboxylic acid groups (broad SMARTS) is 1. The van der Waals surface area contributed by atoms with Crippen LogP contribution in [0, 0.1) is 0 Å². The normalized spacial score (nSPS) is 27.4. The number of nitrogens with zero attached hydrogens (tertiary/aromatic N) is 6. The topological polar surface area (TPSA) is 307 Å². The predicted octanol–water partition coefficient (Wildman–Crippen LogP) is -1.80. The number of carbonyl (C=O) groups excluding carboxylic acids is 9. The molecule has 0 bridgehead atoms. The van der Waals surface area contributed by atoms with Gasteiger partial charge in [0.05, 0.1) is 31.4 Å². The number of aliphatic hydroxyl groups excluding tert-OH is 3. The second-order valence-electron chi connectivity index (χ2n) is 20.0. The molecule has 7 N–H and O–H groups in total. The van der Waals surface area contributed by atoms with Gasteiger partial charge in [-0.2, -0.15) is 0 Å². The van der Waals surface area contributed by atoms with Crippen molar-refractivity contribution in [2.75, 3.05) is 58.9 Å². The number of unbranched alkanes of at least 4 members (excludes halogenated alkanes) is 8. The summed E-state index contributed by atoms with van der Waals surface area (Å²) in [4.78, 5) is 141. The smallest absolute Gasteiger partial charge is 0.322 e. The van der Waals surface area contributed by atoms with Crippen molar-refractivity contribution in [3.63, 3.8) is 0 Å². The summed E-state index contributed by atoms with van der Waals surface area (Å²) in [5.74, 6) is -6.38. The average molecular weight is 1000 g/mol. The molecule has 6 rings (SSSR count). The maximum Gasteiger partial charge on any atom is 0.322 e. The van der Waals surface area contributed by atoms with Gasteiger partial charge in [-0.1, -0.05) is 58.3 Å². The van der Waals surface area contributed by atoms with E-state index in [0.717, 1.165) is 30.6 Å². The molecule has 0 spiro atoms. The third-order valence-electron chi connectivity index (χ3n) is 14.9. The van der Waals surface area contributed by atoms with Crippen LogP contribution in [0.4, 0.5) is 0 Å². The van der Waals surface area contributed by atoms with Crippen LogP contribution in [-0.4, -0.2) is 222 Å². The highest BCUT2D eigenvalue weighted by molar-refractivity contribution is 5.98. The molecule has 6 saturated heterocycles. The van der Waals surface area contributed by atoms with E-state index in [1.165, 1.54) is 51.7 Å². The lowest BCUT2D eigenvalue weighted by molar-refractivity contribution is -0.148. The SMILES string of the molecule is CCCCCCCCCCCC(=O)N1CCC[C@H]1C(=O)N1C[C@H](O)C[C@H]1C(=O)NCC(=O)N1CCC[C@H]1C(=O)N1C[C@H](O)C[C@H]1C(=O)NCC(=O)N1CCC[C@H]1C(=O)N1C[C@H](O)C[C@H]1C(=O)NCC(=O)O. The monoisotopic (exact) mass is 1000 g/mol. The van der Waals surface area contributed by atoms with Gasteiger partial charge in [0.1, 0.15) is 42.8 Å². The molecule has 23 heteroatoms. The molecule has 9 atom stereocenters. The van der Waals surface area contributed by atoms with E-state index in [0.29, 0.717) is 38.6 Å². The highest BCUT2D eigenvalue weighted by Crippen LogP contribution is 2.29. The number of nitrogens with one attached hydrogen (secondary N) is 3. The number of carboxylic acids is 1. The molecular formula is C48H75N9O14. The lowest BCUT2D eigenvalue weighted by atomic mass is 10.1. The summed E-state index contributed by atoms with van der Waals surface area (Å²) in [7, 11) is 0. The van der Waals surface area contributed by atoms with Gasteiger partial charge in [-0.15, -0.1) is 0 Å². The zero-order chi connectivity index (χ0) is 51.4. The van der Waals surface area contributed by atoms with E-state index < -0.39 is 127 Å². The molecule has 0 aliphatic carbocycles. The van der Waals surface area contributed by atoms with E-state index in [2.05, 4.69) is 22.9 Å². The summed E-state index contributed by atoms with van der Waals surface area (Å²) < 4.78 is 0. The van der Waals surface area contributed by atoms with Gasteiger partial charge in [-0.3, -0.25) is 47.9 Å². The molecule has 0 aromatic carbocycles. The van der Waals surface area contributed by atoms with Gasteiger partial charge in [0, 0.05) is 65.0 Å². The second-order valence-corrected chi connectivity index (χ2v) is 20.0. The first-order valence-electron chi connectivity index (χ1n) is 25.9. The van der Waals surface area contributed by atoms with Crippen LogP contribution in [0.25, 0.3) is 0 Å². The fourth-order valence-electron chi connectivity index (χ4n) is 11.2. The number of hydrogen-bond acceptors (Lipinski definition) is 13. The van der Waals surface area contributed by atoms with Crippen molar-refractivity contribution in [3.8, 4) is 0 Å². The quantitative estimate of drug-likeness (QED) is 0.0590. The Bertz CT molecular complexity index is 1970. The summed E-state index contributed by atoms with van der Waals surface area (Å²) in [6, 6.07) is -6.20. The third-order valence-corrected chi connectivity index (χ3v) is 14.9. The van der Waals surface area contributed by atoms with Crippen molar-refractivity contribution in [2.24, 2.45) is 0 Å². The second kappa shape index (κ2) is 25.8. The predicted molar refractivity (Wildman–Crippen MR) is 251 cm³/mol. The number of hydrogen-bond donors (Lipinski definition) is 7. The van der Waals surface area contributed by atoms with Gasteiger partial charge in [-0.25, -0.2) is 0 Å². The Morgan fingerprint density at radius 3 is 1.10 bits per heavy atom. The van der Waals surface area contributed by atoms with Crippen LogP contribution in [0.2, 0.25) is 0 Å². The Morgan fingerprint density at radius 1 is 0.423 bits per heavy atom. The molecule has 0 radical (unpaired) electrons. The maximum atomic E-state index is 14.1. The van der Waals surface area contributed by atoms with Crippen LogP contribution in [-0.2, 0) is 47.9 Å². The summed E-state index contributed by atoms with van der Waals surface area (Å²) >= 11 is 0. The minimum absolute atomic E-state index is 0.0551. The number of β-amino-alcohol motifs (C(OH)–C–C–N with tert-alkyl or cyclic N) is 3. The van der Waals surface area contributed by atoms with Gasteiger partial charge >= 0.3 is 5.97 Å². The van der Waals surface area contributed by atoms with Gasteiger partial charge in [-0.05, 0) is 44.9 Å². The van der Waals surface area contributed by atoms with Crippen LogP contribution in [0.15, 0.2) is 0 Å². The Balaban J connectivity index is 0.974. The Labute approximate surface area is 414 Å². The highest BCUT2D eigenvalue weighted by atomic mass is 16.4. The van der Waals surface area contributed by atoms with E-state index in [4.69, 9.17) is 5.11 Å². The summed E-state index contributed by atoms with van der Waals surface area (Å²) in [6.45, 7) is 0.691. The van der Waals surface area contributed by atoms with Crippen LogP contribution in [0.3, 0.4) is 0 Å². The minimum atomic E-state index is -1.29. The Hall–Kier alpha value is -5.42. The molecule has 6 aliphatic heterocycles. The molecule has 0 unspecified atom stereocenters.